The smallest absolute Gasteiger partial charge is 0.208 e. The third-order valence-electron chi connectivity index (χ3n) is 2.22. The molecule has 0 spiro atoms. The van der Waals surface area contributed by atoms with Gasteiger partial charge in [-0.2, -0.15) is 0 Å². The van der Waals surface area contributed by atoms with Gasteiger partial charge >= 0.3 is 0 Å². The fraction of sp³-hybridized carbons (Fsp3) is 0.700. The number of aryl methyl sites for hydroxylation is 2. The van der Waals surface area contributed by atoms with Crippen LogP contribution in [0.15, 0.2) is 4.42 Å². The van der Waals surface area contributed by atoms with E-state index in [1.165, 1.54) is 0 Å². The minimum atomic E-state index is 0.730. The van der Waals surface area contributed by atoms with Crippen LogP contribution in [0.1, 0.15) is 23.8 Å². The summed E-state index contributed by atoms with van der Waals surface area (Å²) in [7, 11) is 2.05. The summed E-state index contributed by atoms with van der Waals surface area (Å²) in [5.41, 5.74) is 6.41. The van der Waals surface area contributed by atoms with Crippen molar-refractivity contribution in [3.05, 3.63) is 17.3 Å². The molecule has 0 saturated heterocycles. The molecule has 0 amide bonds. The molecule has 0 aliphatic heterocycles. The summed E-state index contributed by atoms with van der Waals surface area (Å²) in [5, 5.41) is 0. The summed E-state index contributed by atoms with van der Waals surface area (Å²) < 4.78 is 5.48. The van der Waals surface area contributed by atoms with Crippen molar-refractivity contribution in [1.29, 1.82) is 0 Å². The Bertz CT molecular complexity index is 263. The summed E-state index contributed by atoms with van der Waals surface area (Å²) in [6, 6.07) is 0. The summed E-state index contributed by atoms with van der Waals surface area (Å²) >= 11 is 0. The van der Waals surface area contributed by atoms with Crippen molar-refractivity contribution in [2.24, 2.45) is 5.73 Å². The third kappa shape index (κ3) is 3.12. The second-order valence-corrected chi connectivity index (χ2v) is 3.63. The molecule has 0 radical (unpaired) electrons. The van der Waals surface area contributed by atoms with Gasteiger partial charge < -0.3 is 10.2 Å². The second-order valence-electron chi connectivity index (χ2n) is 3.63. The lowest BCUT2D eigenvalue weighted by atomic mass is 10.4. The van der Waals surface area contributed by atoms with E-state index in [9.17, 15) is 0 Å². The van der Waals surface area contributed by atoms with Crippen molar-refractivity contribution in [3.63, 3.8) is 0 Å². The van der Waals surface area contributed by atoms with Crippen LogP contribution < -0.4 is 5.73 Å². The van der Waals surface area contributed by atoms with E-state index in [2.05, 4.69) is 9.88 Å². The highest BCUT2D eigenvalue weighted by atomic mass is 16.4. The van der Waals surface area contributed by atoms with Gasteiger partial charge in [0.1, 0.15) is 5.76 Å². The van der Waals surface area contributed by atoms with E-state index in [1.807, 2.05) is 20.9 Å². The lowest BCUT2D eigenvalue weighted by Crippen LogP contribution is -2.21. The minimum Gasteiger partial charge on any atom is -0.444 e. The highest BCUT2D eigenvalue weighted by molar-refractivity contribution is 5.05. The Hall–Kier alpha value is -0.870. The standard InChI is InChI=1S/C10H19N3O/c1-8-9(2)14-10(12-8)7-13(3)6-4-5-11/h4-7,11H2,1-3H3. The van der Waals surface area contributed by atoms with E-state index in [0.29, 0.717) is 0 Å². The zero-order valence-electron chi connectivity index (χ0n) is 9.21. The summed E-state index contributed by atoms with van der Waals surface area (Å²) in [6.07, 6.45) is 1.01. The molecule has 2 N–H and O–H groups in total. The largest absolute Gasteiger partial charge is 0.444 e. The highest BCUT2D eigenvalue weighted by Crippen LogP contribution is 2.09. The van der Waals surface area contributed by atoms with Gasteiger partial charge in [-0.15, -0.1) is 0 Å². The van der Waals surface area contributed by atoms with Crippen LogP contribution in [0.5, 0.6) is 0 Å². The highest BCUT2D eigenvalue weighted by Gasteiger charge is 2.07. The maximum Gasteiger partial charge on any atom is 0.208 e. The van der Waals surface area contributed by atoms with Gasteiger partial charge in [-0.05, 0) is 40.4 Å². The van der Waals surface area contributed by atoms with Gasteiger partial charge in [-0.1, -0.05) is 0 Å². The second kappa shape index (κ2) is 5.12. The predicted molar refractivity (Wildman–Crippen MR) is 56.0 cm³/mol. The molecule has 0 aliphatic carbocycles. The van der Waals surface area contributed by atoms with E-state index in [0.717, 1.165) is 43.4 Å². The SMILES string of the molecule is Cc1nc(CN(C)CCCN)oc1C. The molecular formula is C10H19N3O. The molecular weight excluding hydrogens is 178 g/mol. The average molecular weight is 197 g/mol. The van der Waals surface area contributed by atoms with Crippen LogP contribution in [0.3, 0.4) is 0 Å². The molecule has 14 heavy (non-hydrogen) atoms. The number of nitrogens with zero attached hydrogens (tertiary/aromatic N) is 2. The van der Waals surface area contributed by atoms with Gasteiger partial charge in [0, 0.05) is 0 Å². The first kappa shape index (κ1) is 11.2. The van der Waals surface area contributed by atoms with Crippen molar-refractivity contribution in [3.8, 4) is 0 Å². The molecule has 0 aliphatic rings. The first-order valence-electron chi connectivity index (χ1n) is 4.95. The topological polar surface area (TPSA) is 55.3 Å². The Morgan fingerprint density at radius 2 is 2.14 bits per heavy atom. The number of oxazole rings is 1. The first-order chi connectivity index (χ1) is 6.63. The lowest BCUT2D eigenvalue weighted by Gasteiger charge is -2.12. The van der Waals surface area contributed by atoms with Crippen LogP contribution >= 0.6 is 0 Å². The number of nitrogens with two attached hydrogens (primary N) is 1. The van der Waals surface area contributed by atoms with Gasteiger partial charge in [-0.25, -0.2) is 4.98 Å². The Labute approximate surface area is 85.1 Å². The normalized spacial score (nSPS) is 11.2. The molecule has 80 valence electrons. The molecule has 0 unspecified atom stereocenters. The Kier molecular flexibility index (Phi) is 4.10. The molecule has 0 aromatic carbocycles. The van der Waals surface area contributed by atoms with Crippen molar-refractivity contribution < 1.29 is 4.42 Å². The first-order valence-corrected chi connectivity index (χ1v) is 4.95. The maximum atomic E-state index is 5.48. The van der Waals surface area contributed by atoms with Crippen LogP contribution in [-0.2, 0) is 6.54 Å². The lowest BCUT2D eigenvalue weighted by molar-refractivity contribution is 0.284. The molecule has 1 rings (SSSR count). The predicted octanol–water partition coefficient (Wildman–Crippen LogP) is 1.07. The number of hydrogen-bond donors (Lipinski definition) is 1. The molecule has 4 heteroatoms. The van der Waals surface area contributed by atoms with Crippen molar-refractivity contribution in [2.45, 2.75) is 26.8 Å². The average Bonchev–Trinajstić information content (AvgIpc) is 2.42. The van der Waals surface area contributed by atoms with Crippen molar-refractivity contribution in [2.75, 3.05) is 20.1 Å². The molecule has 0 saturated carbocycles. The van der Waals surface area contributed by atoms with Gasteiger partial charge in [-0.3, -0.25) is 4.90 Å². The third-order valence-corrected chi connectivity index (χ3v) is 2.22. The monoisotopic (exact) mass is 197 g/mol. The molecule has 0 bridgehead atoms. The zero-order chi connectivity index (χ0) is 10.6. The number of rotatable bonds is 5. The Morgan fingerprint density at radius 3 is 2.64 bits per heavy atom. The van der Waals surface area contributed by atoms with E-state index < -0.39 is 0 Å². The van der Waals surface area contributed by atoms with E-state index in [1.54, 1.807) is 0 Å². The Morgan fingerprint density at radius 1 is 1.43 bits per heavy atom. The van der Waals surface area contributed by atoms with Gasteiger partial charge in [0.25, 0.3) is 0 Å². The van der Waals surface area contributed by atoms with Crippen LogP contribution in [0.4, 0.5) is 0 Å². The zero-order valence-corrected chi connectivity index (χ0v) is 9.21. The van der Waals surface area contributed by atoms with E-state index >= 15 is 0 Å². The number of aromatic nitrogens is 1. The summed E-state index contributed by atoms with van der Waals surface area (Å²) in [4.78, 5) is 6.48. The molecule has 1 aromatic heterocycles. The van der Waals surface area contributed by atoms with Gasteiger partial charge in [0.2, 0.25) is 5.89 Å². The molecule has 1 heterocycles. The fourth-order valence-electron chi connectivity index (χ4n) is 1.28. The fourth-order valence-corrected chi connectivity index (χ4v) is 1.28. The molecule has 0 atom stereocenters. The van der Waals surface area contributed by atoms with Gasteiger partial charge in [0.05, 0.1) is 12.2 Å². The Balaban J connectivity index is 2.43. The van der Waals surface area contributed by atoms with Gasteiger partial charge in [0.15, 0.2) is 0 Å². The minimum absolute atomic E-state index is 0.730. The molecule has 1 aromatic rings. The van der Waals surface area contributed by atoms with Crippen LogP contribution in [0.25, 0.3) is 0 Å². The quantitative estimate of drug-likeness (QED) is 0.767. The summed E-state index contributed by atoms with van der Waals surface area (Å²) in [6.45, 7) is 6.37. The van der Waals surface area contributed by atoms with Crippen LogP contribution in [0, 0.1) is 13.8 Å². The van der Waals surface area contributed by atoms with Crippen LogP contribution in [0.2, 0.25) is 0 Å². The molecule has 0 fully saturated rings. The molecule has 4 nitrogen and oxygen atoms in total. The van der Waals surface area contributed by atoms with Crippen molar-refractivity contribution >= 4 is 0 Å². The maximum absolute atomic E-state index is 5.48. The van der Waals surface area contributed by atoms with E-state index in [4.69, 9.17) is 10.2 Å². The van der Waals surface area contributed by atoms with Crippen LogP contribution in [-0.4, -0.2) is 30.0 Å². The summed E-state index contributed by atoms with van der Waals surface area (Å²) in [5.74, 6) is 1.70. The van der Waals surface area contributed by atoms with Crippen molar-refractivity contribution in [1.82, 2.24) is 9.88 Å². The van der Waals surface area contributed by atoms with E-state index in [-0.39, 0.29) is 0 Å². The number of hydrogen-bond acceptors (Lipinski definition) is 4.